The summed E-state index contributed by atoms with van der Waals surface area (Å²) in [6.45, 7) is 6.53. The van der Waals surface area contributed by atoms with Gasteiger partial charge in [0, 0.05) is 10.6 Å². The molecule has 0 amide bonds. The minimum absolute atomic E-state index is 0.326. The van der Waals surface area contributed by atoms with Crippen LogP contribution < -0.4 is 5.73 Å². The zero-order valence-electron chi connectivity index (χ0n) is 10.5. The highest BCUT2D eigenvalue weighted by Gasteiger charge is 2.25. The van der Waals surface area contributed by atoms with E-state index in [9.17, 15) is 0 Å². The lowest BCUT2D eigenvalue weighted by atomic mass is 9.83. The molecule has 0 saturated carbocycles. The molecule has 2 atom stereocenters. The van der Waals surface area contributed by atoms with Gasteiger partial charge in [-0.1, -0.05) is 56.5 Å². The highest BCUT2D eigenvalue weighted by molar-refractivity contribution is 6.31. The Hall–Kier alpha value is -0.530. The summed E-state index contributed by atoms with van der Waals surface area (Å²) in [5, 5.41) is 0.774. The van der Waals surface area contributed by atoms with Crippen LogP contribution in [-0.2, 0) is 5.54 Å². The molecule has 2 N–H and O–H groups in total. The van der Waals surface area contributed by atoms with Crippen LogP contribution in [0.3, 0.4) is 0 Å². The standard InChI is InChI=1S/C14H22ClN/c1-4-7-11(2)10-14(3,16)12-8-5-6-9-13(12)15/h5-6,8-9,11H,4,7,10,16H2,1-3H3. The summed E-state index contributed by atoms with van der Waals surface area (Å²) >= 11 is 6.19. The van der Waals surface area contributed by atoms with Crippen LogP contribution in [0.5, 0.6) is 0 Å². The molecule has 0 radical (unpaired) electrons. The lowest BCUT2D eigenvalue weighted by Crippen LogP contribution is -2.35. The number of hydrogen-bond acceptors (Lipinski definition) is 1. The average Bonchev–Trinajstić information content (AvgIpc) is 2.17. The lowest BCUT2D eigenvalue weighted by molar-refractivity contribution is 0.346. The van der Waals surface area contributed by atoms with E-state index in [1.807, 2.05) is 24.3 Å². The van der Waals surface area contributed by atoms with Crippen molar-refractivity contribution in [2.75, 3.05) is 0 Å². The van der Waals surface area contributed by atoms with Crippen LogP contribution in [0, 0.1) is 5.92 Å². The first-order chi connectivity index (χ1) is 7.47. The molecule has 16 heavy (non-hydrogen) atoms. The summed E-state index contributed by atoms with van der Waals surface area (Å²) < 4.78 is 0. The van der Waals surface area contributed by atoms with Gasteiger partial charge in [-0.15, -0.1) is 0 Å². The van der Waals surface area contributed by atoms with Gasteiger partial charge in [-0.25, -0.2) is 0 Å². The molecule has 0 bridgehead atoms. The van der Waals surface area contributed by atoms with Crippen LogP contribution in [0.2, 0.25) is 5.02 Å². The maximum absolute atomic E-state index is 6.39. The molecule has 1 aromatic rings. The first-order valence-corrected chi connectivity index (χ1v) is 6.39. The number of nitrogens with two attached hydrogens (primary N) is 1. The predicted octanol–water partition coefficient (Wildman–Crippen LogP) is 4.34. The van der Waals surface area contributed by atoms with Crippen LogP contribution in [-0.4, -0.2) is 0 Å². The second-order valence-corrected chi connectivity index (χ2v) is 5.40. The Bertz CT molecular complexity index is 333. The molecule has 0 aliphatic rings. The van der Waals surface area contributed by atoms with Crippen molar-refractivity contribution in [2.45, 2.75) is 45.6 Å². The summed E-state index contributed by atoms with van der Waals surface area (Å²) in [7, 11) is 0. The predicted molar refractivity (Wildman–Crippen MR) is 71.7 cm³/mol. The zero-order chi connectivity index (χ0) is 12.2. The third kappa shape index (κ3) is 3.50. The smallest absolute Gasteiger partial charge is 0.0456 e. The van der Waals surface area contributed by atoms with Gasteiger partial charge in [0.05, 0.1) is 0 Å². The Labute approximate surface area is 104 Å². The summed E-state index contributed by atoms with van der Waals surface area (Å²) in [5.41, 5.74) is 7.11. The van der Waals surface area contributed by atoms with Crippen molar-refractivity contribution >= 4 is 11.6 Å². The molecule has 90 valence electrons. The zero-order valence-corrected chi connectivity index (χ0v) is 11.2. The van der Waals surface area contributed by atoms with E-state index in [1.54, 1.807) is 0 Å². The molecule has 0 saturated heterocycles. The van der Waals surface area contributed by atoms with Crippen LogP contribution >= 0.6 is 11.6 Å². The van der Waals surface area contributed by atoms with Gasteiger partial charge in [0.25, 0.3) is 0 Å². The summed E-state index contributed by atoms with van der Waals surface area (Å²) in [5.74, 6) is 0.635. The van der Waals surface area contributed by atoms with Crippen LogP contribution in [0.4, 0.5) is 0 Å². The Morgan fingerprint density at radius 2 is 2.00 bits per heavy atom. The third-order valence-corrected chi connectivity index (χ3v) is 3.37. The third-order valence-electron chi connectivity index (χ3n) is 3.04. The summed E-state index contributed by atoms with van der Waals surface area (Å²) in [4.78, 5) is 0. The fourth-order valence-corrected chi connectivity index (χ4v) is 2.70. The van der Waals surface area contributed by atoms with Gasteiger partial charge in [0.2, 0.25) is 0 Å². The van der Waals surface area contributed by atoms with Gasteiger partial charge in [0.1, 0.15) is 0 Å². The first-order valence-electron chi connectivity index (χ1n) is 6.01. The Morgan fingerprint density at radius 3 is 2.56 bits per heavy atom. The van der Waals surface area contributed by atoms with Crippen LogP contribution in [0.15, 0.2) is 24.3 Å². The van der Waals surface area contributed by atoms with E-state index in [-0.39, 0.29) is 5.54 Å². The van der Waals surface area contributed by atoms with E-state index in [0.29, 0.717) is 5.92 Å². The average molecular weight is 240 g/mol. The minimum Gasteiger partial charge on any atom is -0.322 e. The normalized spacial score (nSPS) is 16.8. The van der Waals surface area contributed by atoms with E-state index in [1.165, 1.54) is 12.8 Å². The van der Waals surface area contributed by atoms with E-state index in [4.69, 9.17) is 17.3 Å². The summed E-state index contributed by atoms with van der Waals surface area (Å²) in [6, 6.07) is 7.88. The Balaban J connectivity index is 2.81. The van der Waals surface area contributed by atoms with E-state index in [2.05, 4.69) is 20.8 Å². The Morgan fingerprint density at radius 1 is 1.38 bits per heavy atom. The number of halogens is 1. The monoisotopic (exact) mass is 239 g/mol. The molecule has 0 aliphatic heterocycles. The Kier molecular flexibility index (Phi) is 4.82. The van der Waals surface area contributed by atoms with Crippen molar-refractivity contribution in [2.24, 2.45) is 11.7 Å². The number of rotatable bonds is 5. The minimum atomic E-state index is -0.326. The second kappa shape index (κ2) is 5.70. The molecular formula is C14H22ClN. The maximum Gasteiger partial charge on any atom is 0.0456 e. The van der Waals surface area contributed by atoms with Crippen molar-refractivity contribution in [1.29, 1.82) is 0 Å². The molecule has 0 fully saturated rings. The SMILES string of the molecule is CCCC(C)CC(C)(N)c1ccccc1Cl. The molecule has 0 aliphatic carbocycles. The molecule has 1 aromatic carbocycles. The van der Waals surface area contributed by atoms with E-state index >= 15 is 0 Å². The largest absolute Gasteiger partial charge is 0.322 e. The van der Waals surface area contributed by atoms with Crippen molar-refractivity contribution < 1.29 is 0 Å². The second-order valence-electron chi connectivity index (χ2n) is 5.00. The fraction of sp³-hybridized carbons (Fsp3) is 0.571. The molecule has 0 spiro atoms. The molecule has 0 heterocycles. The first kappa shape index (κ1) is 13.5. The van der Waals surface area contributed by atoms with Crippen molar-refractivity contribution in [1.82, 2.24) is 0 Å². The number of benzene rings is 1. The summed E-state index contributed by atoms with van der Waals surface area (Å²) in [6.07, 6.45) is 3.40. The molecule has 2 heteroatoms. The molecule has 1 nitrogen and oxygen atoms in total. The van der Waals surface area contributed by atoms with Crippen LogP contribution in [0.25, 0.3) is 0 Å². The highest BCUT2D eigenvalue weighted by atomic mass is 35.5. The van der Waals surface area contributed by atoms with Gasteiger partial charge in [0.15, 0.2) is 0 Å². The van der Waals surface area contributed by atoms with Crippen LogP contribution in [0.1, 0.15) is 45.6 Å². The molecule has 2 unspecified atom stereocenters. The van der Waals surface area contributed by atoms with Gasteiger partial charge < -0.3 is 5.73 Å². The topological polar surface area (TPSA) is 26.0 Å². The van der Waals surface area contributed by atoms with E-state index < -0.39 is 0 Å². The molecule has 0 aromatic heterocycles. The van der Waals surface area contributed by atoms with Gasteiger partial charge in [-0.05, 0) is 30.9 Å². The molecular weight excluding hydrogens is 218 g/mol. The quantitative estimate of drug-likeness (QED) is 0.813. The van der Waals surface area contributed by atoms with Gasteiger partial charge >= 0.3 is 0 Å². The number of hydrogen-bond donors (Lipinski definition) is 1. The van der Waals surface area contributed by atoms with Crippen molar-refractivity contribution in [3.63, 3.8) is 0 Å². The van der Waals surface area contributed by atoms with E-state index in [0.717, 1.165) is 17.0 Å². The molecule has 1 rings (SSSR count). The fourth-order valence-electron chi connectivity index (χ4n) is 2.35. The maximum atomic E-state index is 6.39. The van der Waals surface area contributed by atoms with Gasteiger partial charge in [-0.2, -0.15) is 0 Å². The van der Waals surface area contributed by atoms with Gasteiger partial charge in [-0.3, -0.25) is 0 Å². The lowest BCUT2D eigenvalue weighted by Gasteiger charge is -2.29. The van der Waals surface area contributed by atoms with Crippen molar-refractivity contribution in [3.8, 4) is 0 Å². The highest BCUT2D eigenvalue weighted by Crippen LogP contribution is 2.32. The van der Waals surface area contributed by atoms with Crippen molar-refractivity contribution in [3.05, 3.63) is 34.9 Å².